The van der Waals surface area contributed by atoms with Crippen LogP contribution in [-0.2, 0) is 22.1 Å². The van der Waals surface area contributed by atoms with Crippen LogP contribution in [0.3, 0.4) is 0 Å². The SMILES string of the molecule is CCCCn1/c(=C/C=C/C=C/C2=[N+](CCC[N+](C)(C)C)c3ccc(S(=O)(=O)O)cc3C2(C)C)c2cccc3cccc1c32. The van der Waals surface area contributed by atoms with E-state index in [1.807, 2.05) is 6.07 Å². The van der Waals surface area contributed by atoms with E-state index in [0.717, 1.165) is 60.3 Å². The predicted octanol–water partition coefficient (Wildman–Crippen LogP) is 6.63. The van der Waals surface area contributed by atoms with Gasteiger partial charge in [0.25, 0.3) is 10.1 Å². The van der Waals surface area contributed by atoms with E-state index in [1.54, 1.807) is 6.07 Å². The summed E-state index contributed by atoms with van der Waals surface area (Å²) in [4.78, 5) is -0.0670. The first-order valence-corrected chi connectivity index (χ1v) is 16.7. The molecule has 1 aliphatic heterocycles. The first-order valence-electron chi connectivity index (χ1n) is 15.2. The number of aryl methyl sites for hydroxylation is 1. The Morgan fingerprint density at radius 3 is 2.42 bits per heavy atom. The second-order valence-electron chi connectivity index (χ2n) is 13.2. The van der Waals surface area contributed by atoms with Crippen LogP contribution in [0, 0.1) is 0 Å². The fourth-order valence-electron chi connectivity index (χ4n) is 6.39. The molecule has 43 heavy (non-hydrogen) atoms. The van der Waals surface area contributed by atoms with Gasteiger partial charge in [-0.15, -0.1) is 0 Å². The maximum Gasteiger partial charge on any atom is 0.294 e. The topological polar surface area (TPSA) is 62.3 Å². The normalized spacial score (nSPS) is 16.1. The summed E-state index contributed by atoms with van der Waals surface area (Å²) in [5.41, 5.74) is 3.85. The first-order chi connectivity index (χ1) is 20.3. The van der Waals surface area contributed by atoms with Gasteiger partial charge in [0, 0.05) is 45.9 Å². The lowest BCUT2D eigenvalue weighted by Gasteiger charge is -2.23. The van der Waals surface area contributed by atoms with Crippen LogP contribution in [0.25, 0.3) is 27.8 Å². The van der Waals surface area contributed by atoms with Crippen LogP contribution in [0.1, 0.15) is 45.6 Å². The lowest BCUT2D eigenvalue weighted by atomic mass is 9.81. The molecule has 3 aromatic carbocycles. The van der Waals surface area contributed by atoms with Gasteiger partial charge >= 0.3 is 0 Å². The Morgan fingerprint density at radius 2 is 1.72 bits per heavy atom. The van der Waals surface area contributed by atoms with E-state index < -0.39 is 15.5 Å². The smallest absolute Gasteiger partial charge is 0.294 e. The van der Waals surface area contributed by atoms with Gasteiger partial charge in [0.2, 0.25) is 5.69 Å². The molecule has 0 atom stereocenters. The largest absolute Gasteiger partial charge is 0.340 e. The summed E-state index contributed by atoms with van der Waals surface area (Å²) in [7, 11) is 2.28. The summed E-state index contributed by atoms with van der Waals surface area (Å²) < 4.78 is 39.3. The third-order valence-corrected chi connectivity index (χ3v) is 9.43. The summed E-state index contributed by atoms with van der Waals surface area (Å²) in [5, 5.41) is 5.10. The second kappa shape index (κ2) is 11.9. The van der Waals surface area contributed by atoms with Crippen molar-refractivity contribution in [1.29, 1.82) is 0 Å². The van der Waals surface area contributed by atoms with Crippen molar-refractivity contribution in [3.63, 3.8) is 0 Å². The minimum atomic E-state index is -4.29. The molecule has 6 nitrogen and oxygen atoms in total. The molecule has 0 saturated heterocycles. The molecule has 226 valence electrons. The van der Waals surface area contributed by atoms with E-state index in [9.17, 15) is 13.0 Å². The minimum absolute atomic E-state index is 0.0670. The number of quaternary nitrogens is 1. The average Bonchev–Trinajstić information content (AvgIpc) is 3.35. The van der Waals surface area contributed by atoms with Crippen molar-refractivity contribution in [3.05, 3.63) is 89.8 Å². The summed E-state index contributed by atoms with van der Waals surface area (Å²) >= 11 is 0. The Balaban J connectivity index is 1.52. The van der Waals surface area contributed by atoms with Crippen LogP contribution in [0.4, 0.5) is 5.69 Å². The average molecular weight is 600 g/mol. The number of aromatic nitrogens is 1. The number of rotatable bonds is 11. The van der Waals surface area contributed by atoms with Crippen molar-refractivity contribution in [2.24, 2.45) is 0 Å². The predicted molar refractivity (Wildman–Crippen MR) is 179 cm³/mol. The molecular formula is C36H45N3O3S+2. The zero-order valence-corrected chi connectivity index (χ0v) is 27.2. The quantitative estimate of drug-likeness (QED) is 0.0912. The van der Waals surface area contributed by atoms with Gasteiger partial charge in [0.1, 0.15) is 0 Å². The molecule has 0 bridgehead atoms. The molecule has 0 unspecified atom stereocenters. The molecular weight excluding hydrogens is 554 g/mol. The molecule has 1 N–H and O–H groups in total. The Hall–Kier alpha value is -3.52. The Kier molecular flexibility index (Phi) is 8.54. The second-order valence-corrected chi connectivity index (χ2v) is 14.6. The van der Waals surface area contributed by atoms with Crippen molar-refractivity contribution < 1.29 is 22.0 Å². The third kappa shape index (κ3) is 6.26. The molecule has 1 aromatic heterocycles. The molecule has 7 heteroatoms. The molecule has 0 saturated carbocycles. The zero-order chi connectivity index (χ0) is 31.0. The van der Waals surface area contributed by atoms with Gasteiger partial charge in [-0.3, -0.25) is 4.55 Å². The molecule has 0 aliphatic carbocycles. The van der Waals surface area contributed by atoms with Gasteiger partial charge in [0.05, 0.1) is 44.4 Å². The van der Waals surface area contributed by atoms with Crippen LogP contribution in [-0.4, -0.2) is 66.5 Å². The highest BCUT2D eigenvalue weighted by molar-refractivity contribution is 7.85. The van der Waals surface area contributed by atoms with Crippen LogP contribution in [0.15, 0.2) is 83.8 Å². The maximum absolute atomic E-state index is 12.0. The number of nitrogens with zero attached hydrogens (tertiary/aromatic N) is 3. The molecule has 2 heterocycles. The van der Waals surface area contributed by atoms with Crippen LogP contribution in [0.2, 0.25) is 0 Å². The van der Waals surface area contributed by atoms with E-state index in [1.165, 1.54) is 33.1 Å². The fraction of sp³-hybridized carbons (Fsp3) is 0.361. The molecule has 5 rings (SSSR count). The summed E-state index contributed by atoms with van der Waals surface area (Å²) in [6.07, 6.45) is 13.9. The number of hydrogen-bond donors (Lipinski definition) is 1. The van der Waals surface area contributed by atoms with Gasteiger partial charge in [0.15, 0.2) is 12.3 Å². The molecule has 0 spiro atoms. The molecule has 4 aromatic rings. The highest BCUT2D eigenvalue weighted by Gasteiger charge is 2.44. The summed E-state index contributed by atoms with van der Waals surface area (Å²) in [6, 6.07) is 18.1. The van der Waals surface area contributed by atoms with Crippen molar-refractivity contribution in [2.75, 3.05) is 34.2 Å². The summed E-state index contributed by atoms with van der Waals surface area (Å²) in [6.45, 7) is 9.29. The van der Waals surface area contributed by atoms with Crippen molar-refractivity contribution in [3.8, 4) is 0 Å². The van der Waals surface area contributed by atoms with Crippen LogP contribution < -0.4 is 5.35 Å². The summed E-state index contributed by atoms with van der Waals surface area (Å²) in [5.74, 6) is 0. The highest BCUT2D eigenvalue weighted by atomic mass is 32.2. The van der Waals surface area contributed by atoms with Gasteiger partial charge in [-0.25, -0.2) is 0 Å². The highest BCUT2D eigenvalue weighted by Crippen LogP contribution is 2.41. The number of benzene rings is 3. The van der Waals surface area contributed by atoms with Crippen molar-refractivity contribution in [2.45, 2.75) is 56.9 Å². The molecule has 0 radical (unpaired) electrons. The van der Waals surface area contributed by atoms with Gasteiger partial charge in [-0.05, 0) is 49.9 Å². The maximum atomic E-state index is 12.0. The Bertz CT molecular complexity index is 1910. The van der Waals surface area contributed by atoms with E-state index in [2.05, 4.69) is 118 Å². The Morgan fingerprint density at radius 1 is 0.977 bits per heavy atom. The van der Waals surface area contributed by atoms with Gasteiger partial charge < -0.3 is 9.05 Å². The van der Waals surface area contributed by atoms with Gasteiger partial charge in [-0.1, -0.05) is 61.9 Å². The van der Waals surface area contributed by atoms with Gasteiger partial charge in [-0.2, -0.15) is 13.0 Å². The number of fused-ring (bicyclic) bond motifs is 1. The molecule has 0 fully saturated rings. The third-order valence-electron chi connectivity index (χ3n) is 8.58. The monoisotopic (exact) mass is 599 g/mol. The van der Waals surface area contributed by atoms with Crippen molar-refractivity contribution >= 4 is 49.3 Å². The number of unbranched alkanes of at least 4 members (excludes halogenated alkanes) is 1. The molecule has 0 amide bonds. The fourth-order valence-corrected chi connectivity index (χ4v) is 6.90. The number of hydrogen-bond acceptors (Lipinski definition) is 2. The minimum Gasteiger partial charge on any atom is -0.340 e. The molecule has 1 aliphatic rings. The van der Waals surface area contributed by atoms with Crippen molar-refractivity contribution in [1.82, 2.24) is 4.57 Å². The van der Waals surface area contributed by atoms with E-state index in [-0.39, 0.29) is 4.90 Å². The van der Waals surface area contributed by atoms with E-state index in [4.69, 9.17) is 0 Å². The van der Waals surface area contributed by atoms with E-state index in [0.29, 0.717) is 0 Å². The lowest BCUT2D eigenvalue weighted by Crippen LogP contribution is -2.36. The van der Waals surface area contributed by atoms with E-state index >= 15 is 0 Å². The standard InChI is InChI=1S/C36H44N3O3S/c1-7-8-23-37-31(29-17-12-15-27-16-13-19-33(37)35(27)29)18-10-9-11-20-34-36(2,3)30-26-28(43(40,41)42)21-22-32(30)38(34)24-14-25-39(4,5)6/h9-13,15-22,26H,7-8,14,23-25H2,1-6H3/q+1/p+1. The Labute approximate surface area is 256 Å². The zero-order valence-electron chi connectivity index (χ0n) is 26.3. The van der Waals surface area contributed by atoms with Crippen LogP contribution in [0.5, 0.6) is 0 Å². The number of allylic oxidation sites excluding steroid dienone is 4. The first kappa shape index (κ1) is 30.9. The van der Waals surface area contributed by atoms with Crippen LogP contribution >= 0.6 is 0 Å². The lowest BCUT2D eigenvalue weighted by molar-refractivity contribution is -0.871.